The van der Waals surface area contributed by atoms with E-state index in [0.29, 0.717) is 12.8 Å². The van der Waals surface area contributed by atoms with Crippen molar-refractivity contribution in [2.45, 2.75) is 12.8 Å². The number of hydrogen-bond donors (Lipinski definition) is 1. The van der Waals surface area contributed by atoms with E-state index in [9.17, 15) is 9.90 Å². The van der Waals surface area contributed by atoms with E-state index in [2.05, 4.69) is 0 Å². The molecule has 0 aliphatic heterocycles. The Morgan fingerprint density at radius 2 is 1.77 bits per heavy atom. The summed E-state index contributed by atoms with van der Waals surface area (Å²) < 4.78 is 0. The van der Waals surface area contributed by atoms with Gasteiger partial charge in [0.05, 0.1) is 0 Å². The van der Waals surface area contributed by atoms with Crippen LogP contribution < -0.4 is 0 Å². The molecule has 1 aromatic rings. The molecule has 2 heteroatoms. The van der Waals surface area contributed by atoms with Crippen molar-refractivity contribution in [2.24, 2.45) is 0 Å². The fourth-order valence-corrected chi connectivity index (χ4v) is 1.56. The van der Waals surface area contributed by atoms with E-state index < -0.39 is 0 Å². The molecule has 2 nitrogen and oxygen atoms in total. The Hall–Kier alpha value is -1.57. The number of hydrogen-bond acceptors (Lipinski definition) is 2. The van der Waals surface area contributed by atoms with Crippen molar-refractivity contribution in [3.63, 3.8) is 0 Å². The van der Waals surface area contributed by atoms with E-state index in [-0.39, 0.29) is 11.5 Å². The lowest BCUT2D eigenvalue weighted by atomic mass is 10.1. The molecule has 66 valence electrons. The van der Waals surface area contributed by atoms with Crippen molar-refractivity contribution in [3.05, 3.63) is 41.7 Å². The van der Waals surface area contributed by atoms with Gasteiger partial charge in [-0.3, -0.25) is 4.79 Å². The minimum absolute atomic E-state index is 0.0498. The van der Waals surface area contributed by atoms with Crippen LogP contribution in [0.15, 0.2) is 36.1 Å². The smallest absolute Gasteiger partial charge is 0.197 e. The van der Waals surface area contributed by atoms with Crippen molar-refractivity contribution in [1.29, 1.82) is 0 Å². The second-order valence-electron chi connectivity index (χ2n) is 3.12. The van der Waals surface area contributed by atoms with Gasteiger partial charge in [-0.2, -0.15) is 0 Å². The predicted octanol–water partition coefficient (Wildman–Crippen LogP) is 2.32. The molecule has 0 heterocycles. The molecule has 13 heavy (non-hydrogen) atoms. The van der Waals surface area contributed by atoms with Crippen LogP contribution >= 0.6 is 0 Å². The summed E-state index contributed by atoms with van der Waals surface area (Å²) in [5.74, 6) is -0.190. The van der Waals surface area contributed by atoms with Gasteiger partial charge in [-0.25, -0.2) is 0 Å². The molecule has 1 aliphatic carbocycles. The molecule has 0 saturated heterocycles. The van der Waals surface area contributed by atoms with Gasteiger partial charge in [0.25, 0.3) is 0 Å². The molecule has 0 atom stereocenters. The fraction of sp³-hybridized carbons (Fsp3) is 0.182. The molecule has 0 saturated carbocycles. The maximum Gasteiger partial charge on any atom is 0.197 e. The zero-order valence-corrected chi connectivity index (χ0v) is 7.16. The largest absolute Gasteiger partial charge is 0.504 e. The molecule has 0 amide bonds. The second-order valence-corrected chi connectivity index (χ2v) is 3.12. The van der Waals surface area contributed by atoms with E-state index in [1.165, 1.54) is 0 Å². The third-order valence-electron chi connectivity index (χ3n) is 2.27. The molecule has 0 radical (unpaired) electrons. The van der Waals surface area contributed by atoms with Gasteiger partial charge in [0.1, 0.15) is 0 Å². The molecule has 0 spiro atoms. The number of carbonyl (C=O) groups excluding carboxylic acids is 1. The van der Waals surface area contributed by atoms with Gasteiger partial charge in [0.15, 0.2) is 11.5 Å². The van der Waals surface area contributed by atoms with E-state index in [4.69, 9.17) is 0 Å². The first-order valence-electron chi connectivity index (χ1n) is 4.30. The molecule has 0 unspecified atom stereocenters. The van der Waals surface area contributed by atoms with E-state index in [1.807, 2.05) is 30.3 Å². The first-order valence-corrected chi connectivity index (χ1v) is 4.30. The van der Waals surface area contributed by atoms with E-state index in [1.54, 1.807) is 0 Å². The summed E-state index contributed by atoms with van der Waals surface area (Å²) >= 11 is 0. The highest BCUT2D eigenvalue weighted by Crippen LogP contribution is 2.29. The standard InChI is InChI=1S/C11H10O2/c12-10-7-6-9(11(10)13)8-4-2-1-3-5-8/h1-5,13H,6-7H2. The van der Waals surface area contributed by atoms with Crippen LogP contribution in [0.1, 0.15) is 18.4 Å². The Balaban J connectivity index is 2.43. The summed E-state index contributed by atoms with van der Waals surface area (Å²) in [5.41, 5.74) is 1.73. The highest BCUT2D eigenvalue weighted by Gasteiger charge is 2.22. The van der Waals surface area contributed by atoms with E-state index in [0.717, 1.165) is 11.1 Å². The normalized spacial score (nSPS) is 16.8. The lowest BCUT2D eigenvalue weighted by Crippen LogP contribution is -1.93. The second kappa shape index (κ2) is 3.05. The zero-order chi connectivity index (χ0) is 9.26. The molecule has 0 aromatic heterocycles. The molecular weight excluding hydrogens is 164 g/mol. The molecule has 0 fully saturated rings. The van der Waals surface area contributed by atoms with Crippen LogP contribution in [0.4, 0.5) is 0 Å². The van der Waals surface area contributed by atoms with Crippen LogP contribution in [0.2, 0.25) is 0 Å². The summed E-state index contributed by atoms with van der Waals surface area (Å²) in [5, 5.41) is 9.44. The Morgan fingerprint density at radius 3 is 2.31 bits per heavy atom. The number of benzene rings is 1. The third-order valence-corrected chi connectivity index (χ3v) is 2.27. The average molecular weight is 174 g/mol. The molecule has 2 rings (SSSR count). The van der Waals surface area contributed by atoms with Crippen LogP contribution in [-0.2, 0) is 4.79 Å². The van der Waals surface area contributed by atoms with Crippen molar-refractivity contribution < 1.29 is 9.90 Å². The monoisotopic (exact) mass is 174 g/mol. The highest BCUT2D eigenvalue weighted by molar-refractivity contribution is 6.04. The zero-order valence-electron chi connectivity index (χ0n) is 7.16. The van der Waals surface area contributed by atoms with Crippen molar-refractivity contribution in [2.75, 3.05) is 0 Å². The Labute approximate surface area is 76.5 Å². The Morgan fingerprint density at radius 1 is 1.08 bits per heavy atom. The number of allylic oxidation sites excluding steroid dienone is 2. The summed E-state index contributed by atoms with van der Waals surface area (Å²) in [7, 11) is 0. The van der Waals surface area contributed by atoms with Crippen LogP contribution in [0.5, 0.6) is 0 Å². The van der Waals surface area contributed by atoms with Gasteiger partial charge in [0, 0.05) is 12.0 Å². The fourth-order valence-electron chi connectivity index (χ4n) is 1.56. The topological polar surface area (TPSA) is 37.3 Å². The number of aliphatic hydroxyl groups is 1. The lowest BCUT2D eigenvalue weighted by Gasteiger charge is -2.00. The lowest BCUT2D eigenvalue weighted by molar-refractivity contribution is -0.117. The first kappa shape index (κ1) is 8.05. The summed E-state index contributed by atoms with van der Waals surface area (Å²) in [6, 6.07) is 9.53. The Kier molecular flexibility index (Phi) is 1.89. The van der Waals surface area contributed by atoms with Crippen LogP contribution in [0, 0.1) is 0 Å². The van der Waals surface area contributed by atoms with Gasteiger partial charge >= 0.3 is 0 Å². The van der Waals surface area contributed by atoms with Gasteiger partial charge < -0.3 is 5.11 Å². The van der Waals surface area contributed by atoms with Gasteiger partial charge in [0.2, 0.25) is 0 Å². The molecule has 1 aromatic carbocycles. The van der Waals surface area contributed by atoms with Crippen LogP contribution in [0.3, 0.4) is 0 Å². The summed E-state index contributed by atoms with van der Waals surface area (Å²) in [4.78, 5) is 11.0. The molecule has 1 aliphatic rings. The predicted molar refractivity (Wildman–Crippen MR) is 50.2 cm³/mol. The highest BCUT2D eigenvalue weighted by atomic mass is 16.3. The summed E-state index contributed by atoms with van der Waals surface area (Å²) in [6.07, 6.45) is 1.10. The number of carbonyl (C=O) groups is 1. The van der Waals surface area contributed by atoms with Gasteiger partial charge in [-0.05, 0) is 12.0 Å². The molecular formula is C11H10O2. The minimum atomic E-state index is -0.140. The maximum absolute atomic E-state index is 11.0. The first-order chi connectivity index (χ1) is 6.29. The molecule has 0 bridgehead atoms. The number of Topliss-reactive ketones (excluding diaryl/α,β-unsaturated/α-hetero) is 1. The van der Waals surface area contributed by atoms with Crippen LogP contribution in [0.25, 0.3) is 5.57 Å². The number of ketones is 1. The van der Waals surface area contributed by atoms with Gasteiger partial charge in [-0.15, -0.1) is 0 Å². The average Bonchev–Trinajstić information content (AvgIpc) is 2.49. The minimum Gasteiger partial charge on any atom is -0.504 e. The van der Waals surface area contributed by atoms with Gasteiger partial charge in [-0.1, -0.05) is 30.3 Å². The van der Waals surface area contributed by atoms with Crippen molar-refractivity contribution in [3.8, 4) is 0 Å². The number of aliphatic hydroxyl groups excluding tert-OH is 1. The quantitative estimate of drug-likeness (QED) is 0.709. The molecule has 1 N–H and O–H groups in total. The summed E-state index contributed by atoms with van der Waals surface area (Å²) in [6.45, 7) is 0. The number of rotatable bonds is 1. The van der Waals surface area contributed by atoms with E-state index >= 15 is 0 Å². The SMILES string of the molecule is O=C1CCC(c2ccccc2)=C1O. The van der Waals surface area contributed by atoms with Crippen molar-refractivity contribution >= 4 is 11.4 Å². The maximum atomic E-state index is 11.0. The van der Waals surface area contributed by atoms with Crippen LogP contribution in [-0.4, -0.2) is 10.9 Å². The Bertz CT molecular complexity index is 363. The van der Waals surface area contributed by atoms with Crippen molar-refractivity contribution in [1.82, 2.24) is 0 Å². The third kappa shape index (κ3) is 1.35.